The van der Waals surface area contributed by atoms with Crippen LogP contribution in [0.4, 0.5) is 14.6 Å². The SMILES string of the molecule is COC(=O)Cc1cc(C#N)nc([N+](=O)[O-])c1C(F)F. The van der Waals surface area contributed by atoms with Gasteiger partial charge in [-0.3, -0.25) is 4.79 Å². The number of rotatable bonds is 4. The summed E-state index contributed by atoms with van der Waals surface area (Å²) < 4.78 is 30.0. The van der Waals surface area contributed by atoms with Crippen LogP contribution >= 0.6 is 0 Å². The fourth-order valence-electron chi connectivity index (χ4n) is 1.40. The topological polar surface area (TPSA) is 106 Å². The number of nitro groups is 1. The molecule has 1 heterocycles. The van der Waals surface area contributed by atoms with E-state index in [0.29, 0.717) is 0 Å². The lowest BCUT2D eigenvalue weighted by Crippen LogP contribution is -2.11. The van der Waals surface area contributed by atoms with E-state index < -0.39 is 40.8 Å². The van der Waals surface area contributed by atoms with Gasteiger partial charge in [0.2, 0.25) is 0 Å². The average Bonchev–Trinajstić information content (AvgIpc) is 2.36. The Bertz CT molecular complexity index is 569. The van der Waals surface area contributed by atoms with E-state index in [1.165, 1.54) is 6.07 Å². The molecule has 0 radical (unpaired) electrons. The molecule has 0 spiro atoms. The van der Waals surface area contributed by atoms with Gasteiger partial charge >= 0.3 is 11.8 Å². The largest absolute Gasteiger partial charge is 0.469 e. The molecule has 0 saturated heterocycles. The molecule has 0 bridgehead atoms. The van der Waals surface area contributed by atoms with Gasteiger partial charge in [-0.15, -0.1) is 0 Å². The lowest BCUT2D eigenvalue weighted by Gasteiger charge is -2.07. The molecular formula is C10H7F2N3O4. The molecule has 0 aliphatic rings. The van der Waals surface area contributed by atoms with Crippen LogP contribution in [0.3, 0.4) is 0 Å². The van der Waals surface area contributed by atoms with Gasteiger partial charge in [0.1, 0.15) is 11.6 Å². The molecule has 9 heteroatoms. The normalized spacial score (nSPS) is 10.1. The zero-order valence-electron chi connectivity index (χ0n) is 9.59. The number of ether oxygens (including phenoxy) is 1. The number of esters is 1. The van der Waals surface area contributed by atoms with E-state index in [9.17, 15) is 23.7 Å². The molecule has 0 saturated carbocycles. The molecule has 1 aromatic heterocycles. The molecule has 1 aromatic rings. The first-order valence-electron chi connectivity index (χ1n) is 4.84. The van der Waals surface area contributed by atoms with E-state index in [1.54, 1.807) is 0 Å². The van der Waals surface area contributed by atoms with Gasteiger partial charge < -0.3 is 14.9 Å². The zero-order valence-corrected chi connectivity index (χ0v) is 9.59. The van der Waals surface area contributed by atoms with Crippen molar-refractivity contribution in [2.45, 2.75) is 12.8 Å². The Morgan fingerprint density at radius 2 is 2.32 bits per heavy atom. The van der Waals surface area contributed by atoms with Crippen LogP contribution in [-0.4, -0.2) is 23.0 Å². The predicted molar refractivity (Wildman–Crippen MR) is 56.3 cm³/mol. The second kappa shape index (κ2) is 5.81. The second-order valence-electron chi connectivity index (χ2n) is 3.33. The van der Waals surface area contributed by atoms with E-state index in [4.69, 9.17) is 5.26 Å². The van der Waals surface area contributed by atoms with E-state index >= 15 is 0 Å². The maximum Gasteiger partial charge on any atom is 0.374 e. The Balaban J connectivity index is 3.49. The first-order valence-corrected chi connectivity index (χ1v) is 4.84. The van der Waals surface area contributed by atoms with Gasteiger partial charge in [0.15, 0.2) is 0 Å². The van der Waals surface area contributed by atoms with Crippen molar-refractivity contribution in [2.75, 3.05) is 7.11 Å². The van der Waals surface area contributed by atoms with Gasteiger partial charge in [0.05, 0.1) is 13.5 Å². The van der Waals surface area contributed by atoms with E-state index in [0.717, 1.165) is 13.2 Å². The van der Waals surface area contributed by atoms with Crippen molar-refractivity contribution in [3.8, 4) is 6.07 Å². The number of carbonyl (C=O) groups excluding carboxylic acids is 1. The van der Waals surface area contributed by atoms with Gasteiger partial charge in [-0.05, 0) is 15.5 Å². The molecule has 0 unspecified atom stereocenters. The van der Waals surface area contributed by atoms with E-state index in [1.807, 2.05) is 0 Å². The van der Waals surface area contributed by atoms with Crippen LogP contribution in [0.15, 0.2) is 6.07 Å². The summed E-state index contributed by atoms with van der Waals surface area (Å²) in [5, 5.41) is 19.3. The summed E-state index contributed by atoms with van der Waals surface area (Å²) in [5.74, 6) is -1.99. The minimum atomic E-state index is -3.19. The Morgan fingerprint density at radius 3 is 2.74 bits per heavy atom. The van der Waals surface area contributed by atoms with Gasteiger partial charge in [-0.1, -0.05) is 0 Å². The van der Waals surface area contributed by atoms with Crippen molar-refractivity contribution in [3.05, 3.63) is 33.0 Å². The summed E-state index contributed by atoms with van der Waals surface area (Å²) in [6.07, 6.45) is -3.80. The molecule has 0 aliphatic heterocycles. The summed E-state index contributed by atoms with van der Waals surface area (Å²) in [5.41, 5.74) is -1.75. The van der Waals surface area contributed by atoms with Gasteiger partial charge in [0, 0.05) is 6.07 Å². The highest BCUT2D eigenvalue weighted by Crippen LogP contribution is 2.31. The van der Waals surface area contributed by atoms with Crippen LogP contribution < -0.4 is 0 Å². The number of pyridine rings is 1. The van der Waals surface area contributed by atoms with Crippen LogP contribution in [0.1, 0.15) is 23.2 Å². The quantitative estimate of drug-likeness (QED) is 0.466. The Labute approximate surface area is 105 Å². The molecule has 0 atom stereocenters. The number of carbonyl (C=O) groups is 1. The molecule has 19 heavy (non-hydrogen) atoms. The van der Waals surface area contributed by atoms with Crippen LogP contribution in [0.25, 0.3) is 0 Å². The smallest absolute Gasteiger partial charge is 0.374 e. The highest BCUT2D eigenvalue weighted by molar-refractivity contribution is 5.73. The molecular weight excluding hydrogens is 264 g/mol. The van der Waals surface area contributed by atoms with E-state index in [-0.39, 0.29) is 5.56 Å². The summed E-state index contributed by atoms with van der Waals surface area (Å²) in [7, 11) is 1.05. The minimum Gasteiger partial charge on any atom is -0.469 e. The highest BCUT2D eigenvalue weighted by atomic mass is 19.3. The zero-order chi connectivity index (χ0) is 14.6. The van der Waals surface area contributed by atoms with Crippen molar-refractivity contribution >= 4 is 11.8 Å². The predicted octanol–water partition coefficient (Wildman–Crippen LogP) is 1.51. The molecule has 100 valence electrons. The van der Waals surface area contributed by atoms with Crippen molar-refractivity contribution in [1.82, 2.24) is 4.98 Å². The second-order valence-corrected chi connectivity index (χ2v) is 3.33. The van der Waals surface area contributed by atoms with Crippen molar-refractivity contribution < 1.29 is 23.2 Å². The maximum atomic E-state index is 12.9. The fourth-order valence-corrected chi connectivity index (χ4v) is 1.40. The summed E-state index contributed by atoms with van der Waals surface area (Å²) in [6, 6.07) is 2.42. The number of aromatic nitrogens is 1. The summed E-state index contributed by atoms with van der Waals surface area (Å²) in [6.45, 7) is 0. The van der Waals surface area contributed by atoms with Crippen LogP contribution in [0, 0.1) is 21.4 Å². The Morgan fingerprint density at radius 1 is 1.68 bits per heavy atom. The van der Waals surface area contributed by atoms with Crippen molar-refractivity contribution in [1.29, 1.82) is 5.26 Å². The van der Waals surface area contributed by atoms with E-state index in [2.05, 4.69) is 9.72 Å². The molecule has 0 aromatic carbocycles. The minimum absolute atomic E-state index is 0.347. The monoisotopic (exact) mass is 271 g/mol. The molecule has 0 N–H and O–H groups in total. The third kappa shape index (κ3) is 3.19. The van der Waals surface area contributed by atoms with Crippen LogP contribution in [0.2, 0.25) is 0 Å². The molecule has 1 rings (SSSR count). The fraction of sp³-hybridized carbons (Fsp3) is 0.300. The van der Waals surface area contributed by atoms with Gasteiger partial charge in [-0.2, -0.15) is 5.26 Å². The summed E-state index contributed by atoms with van der Waals surface area (Å²) in [4.78, 5) is 23.9. The molecule has 0 amide bonds. The molecule has 0 aliphatic carbocycles. The van der Waals surface area contributed by atoms with Crippen LogP contribution in [-0.2, 0) is 16.0 Å². The number of nitrogens with zero attached hydrogens (tertiary/aromatic N) is 3. The lowest BCUT2D eigenvalue weighted by atomic mass is 10.0. The number of nitriles is 1. The van der Waals surface area contributed by atoms with Gasteiger partial charge in [0.25, 0.3) is 12.1 Å². The number of hydrogen-bond acceptors (Lipinski definition) is 6. The third-order valence-electron chi connectivity index (χ3n) is 2.19. The Hall–Kier alpha value is -2.63. The maximum absolute atomic E-state index is 12.9. The number of alkyl halides is 2. The van der Waals surface area contributed by atoms with Crippen LogP contribution in [0.5, 0.6) is 0 Å². The standard InChI is InChI=1S/C10H7F2N3O4/c1-19-7(16)3-5-2-6(4-13)14-10(15(17)18)8(5)9(11)12/h2,9H,3H2,1H3. The first kappa shape index (κ1) is 14.4. The first-order chi connectivity index (χ1) is 8.90. The summed E-state index contributed by atoms with van der Waals surface area (Å²) >= 11 is 0. The highest BCUT2D eigenvalue weighted by Gasteiger charge is 2.30. The number of hydrogen-bond donors (Lipinski definition) is 0. The molecule has 0 fully saturated rings. The third-order valence-corrected chi connectivity index (χ3v) is 2.19. The Kier molecular flexibility index (Phi) is 4.41. The van der Waals surface area contributed by atoms with Crippen molar-refractivity contribution in [2.24, 2.45) is 0 Å². The average molecular weight is 271 g/mol. The number of methoxy groups -OCH3 is 1. The van der Waals surface area contributed by atoms with Crippen molar-refractivity contribution in [3.63, 3.8) is 0 Å². The van der Waals surface area contributed by atoms with Gasteiger partial charge in [-0.25, -0.2) is 8.78 Å². The number of halogens is 2. The lowest BCUT2D eigenvalue weighted by molar-refractivity contribution is -0.391. The molecule has 7 nitrogen and oxygen atoms in total.